The van der Waals surface area contributed by atoms with Crippen molar-refractivity contribution >= 4 is 17.6 Å². The molecule has 0 fully saturated rings. The van der Waals surface area contributed by atoms with Gasteiger partial charge in [-0.3, -0.25) is 0 Å². The third kappa shape index (κ3) is 3.13. The maximum atomic E-state index is 13.8. The second-order valence-electron chi connectivity index (χ2n) is 4.54. The number of aryl methyl sites for hydroxylation is 2. The Hall–Kier alpha value is -2.14. The van der Waals surface area contributed by atoms with Crippen molar-refractivity contribution in [1.29, 1.82) is 0 Å². The SMILES string of the molecule is Cc1cc(Cl)cc(C)c1Oc1c(F)cc(C(=O)O)cc1F. The monoisotopic (exact) mass is 312 g/mol. The number of ether oxygens (including phenoxy) is 1. The van der Waals surface area contributed by atoms with Gasteiger partial charge in [0, 0.05) is 5.02 Å². The molecular weight excluding hydrogens is 302 g/mol. The van der Waals surface area contributed by atoms with E-state index in [1.807, 2.05) is 0 Å². The molecule has 2 aromatic rings. The van der Waals surface area contributed by atoms with Gasteiger partial charge in [0.1, 0.15) is 5.75 Å². The summed E-state index contributed by atoms with van der Waals surface area (Å²) in [5, 5.41) is 9.23. The molecule has 0 aromatic heterocycles. The van der Waals surface area contributed by atoms with Crippen LogP contribution < -0.4 is 4.74 Å². The lowest BCUT2D eigenvalue weighted by Gasteiger charge is -2.13. The van der Waals surface area contributed by atoms with E-state index < -0.39 is 28.9 Å². The molecule has 0 amide bonds. The average molecular weight is 313 g/mol. The molecular formula is C15H11ClF2O3. The van der Waals surface area contributed by atoms with Crippen LogP contribution in [0.25, 0.3) is 0 Å². The zero-order valence-corrected chi connectivity index (χ0v) is 12.0. The maximum absolute atomic E-state index is 13.8. The lowest BCUT2D eigenvalue weighted by Crippen LogP contribution is -2.02. The number of benzene rings is 2. The molecule has 0 aliphatic carbocycles. The van der Waals surface area contributed by atoms with Crippen LogP contribution in [-0.2, 0) is 0 Å². The van der Waals surface area contributed by atoms with Gasteiger partial charge in [0.2, 0.25) is 0 Å². The molecule has 2 aromatic carbocycles. The molecule has 0 heterocycles. The van der Waals surface area contributed by atoms with E-state index in [1.54, 1.807) is 26.0 Å². The molecule has 3 nitrogen and oxygen atoms in total. The molecule has 6 heteroatoms. The lowest BCUT2D eigenvalue weighted by atomic mass is 10.1. The normalized spacial score (nSPS) is 10.5. The van der Waals surface area contributed by atoms with E-state index in [0.717, 1.165) is 0 Å². The minimum atomic E-state index is -1.42. The molecule has 1 N–H and O–H groups in total. The summed E-state index contributed by atoms with van der Waals surface area (Å²) < 4.78 is 33.0. The highest BCUT2D eigenvalue weighted by Crippen LogP contribution is 2.34. The standard InChI is InChI=1S/C15H11ClF2O3/c1-7-3-10(16)4-8(2)13(7)21-14-11(17)5-9(15(19)20)6-12(14)18/h3-6H,1-2H3,(H,19,20). The third-order valence-corrected chi connectivity index (χ3v) is 3.09. The summed E-state index contributed by atoms with van der Waals surface area (Å²) in [5.41, 5.74) is 0.740. The van der Waals surface area contributed by atoms with E-state index >= 15 is 0 Å². The Morgan fingerprint density at radius 2 is 1.52 bits per heavy atom. The van der Waals surface area contributed by atoms with E-state index in [9.17, 15) is 13.6 Å². The number of aromatic carboxylic acids is 1. The molecule has 0 spiro atoms. The van der Waals surface area contributed by atoms with E-state index in [1.165, 1.54) is 0 Å². The fraction of sp³-hybridized carbons (Fsp3) is 0.133. The highest BCUT2D eigenvalue weighted by Gasteiger charge is 2.18. The number of hydrogen-bond donors (Lipinski definition) is 1. The molecule has 0 bridgehead atoms. The molecule has 0 saturated carbocycles. The fourth-order valence-corrected chi connectivity index (χ4v) is 2.27. The summed E-state index contributed by atoms with van der Waals surface area (Å²) in [6.07, 6.45) is 0. The van der Waals surface area contributed by atoms with Gasteiger partial charge in [0.15, 0.2) is 17.4 Å². The Labute approximate surface area is 124 Å². The van der Waals surface area contributed by atoms with Crippen molar-refractivity contribution in [2.75, 3.05) is 0 Å². The molecule has 0 unspecified atom stereocenters. The first-order valence-electron chi connectivity index (χ1n) is 5.96. The highest BCUT2D eigenvalue weighted by atomic mass is 35.5. The largest absolute Gasteiger partial charge is 0.478 e. The van der Waals surface area contributed by atoms with Gasteiger partial charge in [-0.25, -0.2) is 13.6 Å². The number of hydrogen-bond acceptors (Lipinski definition) is 2. The van der Waals surface area contributed by atoms with Gasteiger partial charge < -0.3 is 9.84 Å². The van der Waals surface area contributed by atoms with Crippen LogP contribution in [0.1, 0.15) is 21.5 Å². The second kappa shape index (κ2) is 5.69. The van der Waals surface area contributed by atoms with Crippen molar-refractivity contribution in [3.8, 4) is 11.5 Å². The molecule has 0 aliphatic heterocycles. The Morgan fingerprint density at radius 1 is 1.05 bits per heavy atom. The van der Waals surface area contributed by atoms with Gasteiger partial charge in [-0.05, 0) is 49.2 Å². The second-order valence-corrected chi connectivity index (χ2v) is 4.98. The molecule has 2 rings (SSSR count). The summed E-state index contributed by atoms with van der Waals surface area (Å²) in [6.45, 7) is 3.38. The van der Waals surface area contributed by atoms with Crippen LogP contribution in [0.2, 0.25) is 5.02 Å². The van der Waals surface area contributed by atoms with Crippen LogP contribution in [-0.4, -0.2) is 11.1 Å². The molecule has 21 heavy (non-hydrogen) atoms. The van der Waals surface area contributed by atoms with E-state index in [2.05, 4.69) is 0 Å². The Morgan fingerprint density at radius 3 is 1.95 bits per heavy atom. The van der Waals surface area contributed by atoms with Crippen LogP contribution in [0, 0.1) is 25.5 Å². The van der Waals surface area contributed by atoms with Crippen LogP contribution in [0.15, 0.2) is 24.3 Å². The maximum Gasteiger partial charge on any atom is 0.335 e. The Balaban J connectivity index is 2.48. The average Bonchev–Trinajstić information content (AvgIpc) is 2.35. The quantitative estimate of drug-likeness (QED) is 0.891. The van der Waals surface area contributed by atoms with Crippen molar-refractivity contribution in [2.45, 2.75) is 13.8 Å². The Bertz CT molecular complexity index is 683. The minimum absolute atomic E-state index is 0.278. The summed E-state index contributed by atoms with van der Waals surface area (Å²) in [5.74, 6) is -3.95. The van der Waals surface area contributed by atoms with Gasteiger partial charge in [-0.2, -0.15) is 0 Å². The topological polar surface area (TPSA) is 46.5 Å². The number of carbonyl (C=O) groups is 1. The third-order valence-electron chi connectivity index (χ3n) is 2.87. The van der Waals surface area contributed by atoms with Gasteiger partial charge in [0.25, 0.3) is 0 Å². The highest BCUT2D eigenvalue weighted by molar-refractivity contribution is 6.30. The van der Waals surface area contributed by atoms with Crippen molar-refractivity contribution in [3.63, 3.8) is 0 Å². The number of carboxylic acids is 1. The van der Waals surface area contributed by atoms with Crippen molar-refractivity contribution in [3.05, 3.63) is 57.6 Å². The molecule has 0 aliphatic rings. The fourth-order valence-electron chi connectivity index (χ4n) is 1.94. The summed E-state index contributed by atoms with van der Waals surface area (Å²) in [7, 11) is 0. The zero-order valence-electron chi connectivity index (χ0n) is 11.2. The van der Waals surface area contributed by atoms with Gasteiger partial charge in [0.05, 0.1) is 5.56 Å². The molecule has 0 radical (unpaired) electrons. The van der Waals surface area contributed by atoms with Crippen LogP contribution >= 0.6 is 11.6 Å². The van der Waals surface area contributed by atoms with Crippen LogP contribution in [0.4, 0.5) is 8.78 Å². The predicted octanol–water partition coefficient (Wildman–Crippen LogP) is 4.73. The van der Waals surface area contributed by atoms with Crippen LogP contribution in [0.3, 0.4) is 0 Å². The van der Waals surface area contributed by atoms with Crippen LogP contribution in [0.5, 0.6) is 11.5 Å². The first-order chi connectivity index (χ1) is 9.79. The number of rotatable bonds is 3. The first-order valence-corrected chi connectivity index (χ1v) is 6.34. The van der Waals surface area contributed by atoms with Crippen molar-refractivity contribution < 1.29 is 23.4 Å². The van der Waals surface area contributed by atoms with Gasteiger partial charge in [-0.1, -0.05) is 11.6 Å². The summed E-state index contributed by atoms with van der Waals surface area (Å²) >= 11 is 5.87. The van der Waals surface area contributed by atoms with E-state index in [0.29, 0.717) is 28.3 Å². The van der Waals surface area contributed by atoms with Gasteiger partial charge in [-0.15, -0.1) is 0 Å². The summed E-state index contributed by atoms with van der Waals surface area (Å²) in [4.78, 5) is 10.7. The lowest BCUT2D eigenvalue weighted by molar-refractivity contribution is 0.0695. The van der Waals surface area contributed by atoms with Crippen molar-refractivity contribution in [1.82, 2.24) is 0 Å². The zero-order chi connectivity index (χ0) is 15.7. The smallest absolute Gasteiger partial charge is 0.335 e. The first kappa shape index (κ1) is 15.3. The number of carboxylic acid groups (broad SMARTS) is 1. The molecule has 110 valence electrons. The van der Waals surface area contributed by atoms with Gasteiger partial charge >= 0.3 is 5.97 Å². The van der Waals surface area contributed by atoms with E-state index in [4.69, 9.17) is 21.4 Å². The minimum Gasteiger partial charge on any atom is -0.478 e. The predicted molar refractivity (Wildman–Crippen MR) is 74.3 cm³/mol. The molecule has 0 saturated heterocycles. The number of halogens is 3. The van der Waals surface area contributed by atoms with Crippen molar-refractivity contribution in [2.24, 2.45) is 0 Å². The van der Waals surface area contributed by atoms with E-state index in [-0.39, 0.29) is 5.75 Å². The Kier molecular flexibility index (Phi) is 4.14. The summed E-state index contributed by atoms with van der Waals surface area (Å²) in [6, 6.07) is 4.62. The molecule has 0 atom stereocenters.